The van der Waals surface area contributed by atoms with Crippen LogP contribution < -0.4 is 0 Å². The molecule has 2 nitrogen and oxygen atoms in total. The molecular weight excluding hydrogens is 677 g/mol. The maximum atomic E-state index is 5.56. The lowest BCUT2D eigenvalue weighted by Gasteiger charge is -2.36. The molecule has 9 aromatic rings. The summed E-state index contributed by atoms with van der Waals surface area (Å²) in [5, 5.41) is 10.9. The molecule has 2 heteroatoms. The fraction of sp³-hybridized carbons (Fsp3) is 0.167. The number of allylic oxidation sites excluding steroid dienone is 5. The van der Waals surface area contributed by atoms with E-state index in [1.807, 2.05) is 0 Å². The number of para-hydroxylation sites is 2. The molecule has 0 fully saturated rings. The zero-order chi connectivity index (χ0) is 36.9. The Balaban J connectivity index is 1.14. The highest BCUT2D eigenvalue weighted by Crippen LogP contribution is 2.57. The smallest absolute Gasteiger partial charge is 0.0750 e. The molecule has 13 rings (SSSR count). The molecule has 3 heterocycles. The molecule has 3 aliphatic carbocycles. The summed E-state index contributed by atoms with van der Waals surface area (Å²) in [5.41, 5.74) is 17.7. The van der Waals surface area contributed by atoms with Gasteiger partial charge in [-0.15, -0.1) is 0 Å². The Kier molecular flexibility index (Phi) is 6.06. The Hall–Kier alpha value is -6.25. The Labute approximate surface area is 326 Å². The maximum Gasteiger partial charge on any atom is 0.0750 e. The summed E-state index contributed by atoms with van der Waals surface area (Å²) in [4.78, 5) is 5.56. The van der Waals surface area contributed by atoms with Gasteiger partial charge >= 0.3 is 0 Å². The molecule has 0 amide bonds. The summed E-state index contributed by atoms with van der Waals surface area (Å²) < 4.78 is 2.56. The summed E-state index contributed by atoms with van der Waals surface area (Å²) in [6.45, 7) is 4.84. The molecule has 0 N–H and O–H groups in total. The van der Waals surface area contributed by atoms with Gasteiger partial charge in [0.05, 0.1) is 22.2 Å². The minimum absolute atomic E-state index is 0.0976. The van der Waals surface area contributed by atoms with E-state index in [0.29, 0.717) is 5.92 Å². The number of benzene rings is 7. The Morgan fingerprint density at radius 1 is 0.696 bits per heavy atom. The molecule has 0 bridgehead atoms. The van der Waals surface area contributed by atoms with Gasteiger partial charge in [0.15, 0.2) is 0 Å². The second-order valence-corrected chi connectivity index (χ2v) is 17.1. The highest BCUT2D eigenvalue weighted by molar-refractivity contribution is 6.27. The summed E-state index contributed by atoms with van der Waals surface area (Å²) >= 11 is 0. The van der Waals surface area contributed by atoms with Crippen LogP contribution in [0.2, 0.25) is 0 Å². The van der Waals surface area contributed by atoms with Crippen molar-refractivity contribution in [1.29, 1.82) is 0 Å². The van der Waals surface area contributed by atoms with Gasteiger partial charge in [-0.05, 0) is 116 Å². The fourth-order valence-corrected chi connectivity index (χ4v) is 11.7. The van der Waals surface area contributed by atoms with Crippen LogP contribution in [0.15, 0.2) is 151 Å². The lowest BCUT2D eigenvalue weighted by molar-refractivity contribution is 0.279. The van der Waals surface area contributed by atoms with Gasteiger partial charge in [0.25, 0.3) is 0 Å². The molecule has 4 aliphatic rings. The van der Waals surface area contributed by atoms with Crippen molar-refractivity contribution in [3.05, 3.63) is 173 Å². The van der Waals surface area contributed by atoms with Crippen LogP contribution >= 0.6 is 0 Å². The van der Waals surface area contributed by atoms with Crippen molar-refractivity contribution >= 4 is 76.6 Å². The summed E-state index contributed by atoms with van der Waals surface area (Å²) in [6, 6.07) is 46.6. The predicted octanol–water partition coefficient (Wildman–Crippen LogP) is 14.1. The molecule has 2 unspecified atom stereocenters. The Bertz CT molecular complexity index is 3350. The van der Waals surface area contributed by atoms with Gasteiger partial charge in [-0.3, -0.25) is 4.99 Å². The SMILES string of the molecule is CC[C@]1(C)CC2=C(N=C3C=CC=CC31)c1cccc3c(C4CCc5ccc6ccccc6c5-c5cc6c7ccccc7n7c8ccccc8c(c54)c67)ccc2c13. The third kappa shape index (κ3) is 3.84. The van der Waals surface area contributed by atoms with Crippen molar-refractivity contribution in [2.24, 2.45) is 16.3 Å². The lowest BCUT2D eigenvalue weighted by Crippen LogP contribution is -2.31. The summed E-state index contributed by atoms with van der Waals surface area (Å²) in [5.74, 6) is 0.523. The van der Waals surface area contributed by atoms with E-state index >= 15 is 0 Å². The molecular formula is C54H40N2. The van der Waals surface area contributed by atoms with Crippen molar-refractivity contribution in [3.63, 3.8) is 0 Å². The first-order chi connectivity index (χ1) is 27.6. The number of aliphatic imine (C=N–C) groups is 1. The Morgan fingerprint density at radius 2 is 1.48 bits per heavy atom. The second kappa shape index (κ2) is 11.0. The first kappa shape index (κ1) is 31.0. The third-order valence-electron chi connectivity index (χ3n) is 14.4. The third-order valence-corrected chi connectivity index (χ3v) is 14.4. The van der Waals surface area contributed by atoms with Crippen LogP contribution in [0.25, 0.3) is 82.0 Å². The highest BCUT2D eigenvalue weighted by Gasteiger charge is 2.41. The van der Waals surface area contributed by atoms with Gasteiger partial charge in [-0.1, -0.05) is 135 Å². The summed E-state index contributed by atoms with van der Waals surface area (Å²) in [6.07, 6.45) is 13.2. The monoisotopic (exact) mass is 716 g/mol. The predicted molar refractivity (Wildman–Crippen MR) is 237 cm³/mol. The van der Waals surface area contributed by atoms with Crippen LogP contribution in [0.3, 0.4) is 0 Å². The van der Waals surface area contributed by atoms with Crippen LogP contribution in [-0.2, 0) is 6.42 Å². The molecule has 1 aliphatic heterocycles. The van der Waals surface area contributed by atoms with Crippen LogP contribution in [0, 0.1) is 11.3 Å². The first-order valence-corrected chi connectivity index (χ1v) is 20.5. The molecule has 0 radical (unpaired) electrons. The van der Waals surface area contributed by atoms with Crippen molar-refractivity contribution < 1.29 is 0 Å². The van der Waals surface area contributed by atoms with E-state index in [4.69, 9.17) is 4.99 Å². The van der Waals surface area contributed by atoms with Gasteiger partial charge in [-0.2, -0.15) is 0 Å². The van der Waals surface area contributed by atoms with Gasteiger partial charge in [0.1, 0.15) is 0 Å². The lowest BCUT2D eigenvalue weighted by atomic mass is 9.67. The topological polar surface area (TPSA) is 16.8 Å². The van der Waals surface area contributed by atoms with Crippen molar-refractivity contribution in [1.82, 2.24) is 4.40 Å². The number of hydrogen-bond donors (Lipinski definition) is 0. The molecule has 56 heavy (non-hydrogen) atoms. The molecule has 0 saturated heterocycles. The van der Waals surface area contributed by atoms with E-state index in [1.165, 1.54) is 116 Å². The number of hydrogen-bond acceptors (Lipinski definition) is 1. The van der Waals surface area contributed by atoms with Crippen molar-refractivity contribution in [2.75, 3.05) is 0 Å². The van der Waals surface area contributed by atoms with Crippen LogP contribution in [0.5, 0.6) is 0 Å². The van der Waals surface area contributed by atoms with E-state index in [-0.39, 0.29) is 11.3 Å². The molecule has 3 atom stereocenters. The molecule has 0 saturated carbocycles. The largest absolute Gasteiger partial charge is 0.308 e. The van der Waals surface area contributed by atoms with Gasteiger partial charge < -0.3 is 4.40 Å². The number of rotatable bonds is 2. The van der Waals surface area contributed by atoms with Crippen molar-refractivity contribution in [3.8, 4) is 11.1 Å². The molecule has 7 aromatic carbocycles. The van der Waals surface area contributed by atoms with Crippen molar-refractivity contribution in [2.45, 2.75) is 45.4 Å². The van der Waals surface area contributed by atoms with E-state index in [2.05, 4.69) is 164 Å². The van der Waals surface area contributed by atoms with E-state index in [0.717, 1.165) is 25.7 Å². The number of fused-ring (bicyclic) bond motifs is 15. The van der Waals surface area contributed by atoms with E-state index in [1.54, 1.807) is 0 Å². The number of aromatic nitrogens is 1. The fourth-order valence-electron chi connectivity index (χ4n) is 11.7. The van der Waals surface area contributed by atoms with Crippen LogP contribution in [0.1, 0.15) is 66.8 Å². The van der Waals surface area contributed by atoms with Gasteiger partial charge in [0.2, 0.25) is 0 Å². The first-order valence-electron chi connectivity index (χ1n) is 20.5. The number of aryl methyl sites for hydroxylation is 1. The quantitative estimate of drug-likeness (QED) is 0.169. The van der Waals surface area contributed by atoms with Crippen LogP contribution in [-0.4, -0.2) is 10.1 Å². The Morgan fingerprint density at radius 3 is 2.36 bits per heavy atom. The molecule has 266 valence electrons. The number of nitrogens with zero attached hydrogens (tertiary/aromatic N) is 2. The maximum absolute atomic E-state index is 5.56. The molecule has 0 spiro atoms. The van der Waals surface area contributed by atoms with Gasteiger partial charge in [-0.25, -0.2) is 0 Å². The van der Waals surface area contributed by atoms with Crippen LogP contribution in [0.4, 0.5) is 0 Å². The average Bonchev–Trinajstić information content (AvgIpc) is 3.78. The normalized spacial score (nSPS) is 21.2. The summed E-state index contributed by atoms with van der Waals surface area (Å²) in [7, 11) is 0. The van der Waals surface area contributed by atoms with E-state index < -0.39 is 0 Å². The zero-order valence-corrected chi connectivity index (χ0v) is 31.7. The average molecular weight is 717 g/mol. The minimum atomic E-state index is 0.0976. The van der Waals surface area contributed by atoms with E-state index in [9.17, 15) is 0 Å². The minimum Gasteiger partial charge on any atom is -0.308 e. The highest BCUT2D eigenvalue weighted by atomic mass is 14.9. The zero-order valence-electron chi connectivity index (χ0n) is 31.7. The molecule has 2 aromatic heterocycles. The van der Waals surface area contributed by atoms with Gasteiger partial charge in [0, 0.05) is 44.7 Å². The standard InChI is InChI=1S/C54H40N2/c1-3-54(2)30-43-38-28-27-34(36-17-12-18-40(49(36)38)52(43)55-45-20-9-8-19-44(45)54)37-26-25-32-24-23-31-13-4-5-14-33(31)48(32)42-29-41-35-15-6-10-21-46(35)56-47-22-11-7-16-39(47)51(50(37)42)53(41)56/h4-24,27-29,37,44H,3,25-26,30H2,1-2H3/t37?,44?,54-/m1/s1. The second-order valence-electron chi connectivity index (χ2n) is 17.1.